The topological polar surface area (TPSA) is 116 Å². The normalized spacial score (nSPS) is 12.1. The first kappa shape index (κ1) is 29.0. The summed E-state index contributed by atoms with van der Waals surface area (Å²) in [6, 6.07) is 19.9. The average molecular weight is 542 g/mol. The van der Waals surface area contributed by atoms with Gasteiger partial charge in [0.1, 0.15) is 11.9 Å². The quantitative estimate of drug-likeness (QED) is 0.308. The molecule has 38 heavy (non-hydrogen) atoms. The Kier molecular flexibility index (Phi) is 10.5. The van der Waals surface area contributed by atoms with Crippen LogP contribution in [0.3, 0.4) is 0 Å². The van der Waals surface area contributed by atoms with Gasteiger partial charge in [0.05, 0.1) is 11.5 Å². The molecule has 0 aliphatic heterocycles. The molecule has 0 saturated heterocycles. The second-order valence-electron chi connectivity index (χ2n) is 8.62. The molecule has 2 amide bonds. The molecule has 8 nitrogen and oxygen atoms in total. The number of nitrogens with one attached hydrogen (secondary N) is 2. The van der Waals surface area contributed by atoms with E-state index in [1.54, 1.807) is 61.5 Å². The number of nitrogens with zero attached hydrogens (tertiary/aromatic N) is 1. The van der Waals surface area contributed by atoms with E-state index >= 15 is 0 Å². The predicted molar refractivity (Wildman–Crippen MR) is 142 cm³/mol. The van der Waals surface area contributed by atoms with Crippen LogP contribution < -0.4 is 10.0 Å². The molecule has 3 rings (SSSR count). The van der Waals surface area contributed by atoms with Crippen molar-refractivity contribution in [2.24, 2.45) is 0 Å². The predicted octanol–water partition coefficient (Wildman–Crippen LogP) is 2.94. The second kappa shape index (κ2) is 13.8. The maximum atomic E-state index is 13.6. The summed E-state index contributed by atoms with van der Waals surface area (Å²) < 4.78 is 40.3. The first-order valence-electron chi connectivity index (χ1n) is 12.3. The van der Waals surface area contributed by atoms with Crippen LogP contribution in [-0.2, 0) is 32.6 Å². The van der Waals surface area contributed by atoms with Crippen LogP contribution in [-0.4, -0.2) is 49.9 Å². The number of carbonyl (C=O) groups excluding carboxylic acids is 2. The summed E-state index contributed by atoms with van der Waals surface area (Å²) in [5.74, 6) is -1.17. The highest BCUT2D eigenvalue weighted by Crippen LogP contribution is 2.25. The number of rotatable bonds is 13. The first-order valence-corrected chi connectivity index (χ1v) is 13.8. The van der Waals surface area contributed by atoms with Gasteiger partial charge in [-0.25, -0.2) is 17.5 Å². The number of hydrogen-bond donors (Lipinski definition) is 3. The lowest BCUT2D eigenvalue weighted by atomic mass is 10.0. The van der Waals surface area contributed by atoms with E-state index in [1.807, 2.05) is 0 Å². The molecular weight excluding hydrogens is 509 g/mol. The summed E-state index contributed by atoms with van der Waals surface area (Å²) in [5.41, 5.74) is 2.00. The lowest BCUT2D eigenvalue weighted by molar-refractivity contribution is -0.141. The standard InChI is InChI=1S/C28H32FN3O5S/c1-2-31-38(36,37)25-15-10-21(11-16-25)12-17-26(34)32(20-22-8-13-24(29)14-9-22)27(28(35)30-18-19-33)23-6-4-3-5-7-23/h3-11,13-16,27,31,33H,2,12,17-20H2,1H3,(H,30,35)/t27-/m0/s1. The number of aliphatic hydroxyl groups is 1. The highest BCUT2D eigenvalue weighted by atomic mass is 32.2. The number of hydrogen-bond acceptors (Lipinski definition) is 5. The van der Waals surface area contributed by atoms with Crippen LogP contribution >= 0.6 is 0 Å². The Morgan fingerprint density at radius 3 is 2.18 bits per heavy atom. The fourth-order valence-corrected chi connectivity index (χ4v) is 5.04. The van der Waals surface area contributed by atoms with Crippen molar-refractivity contribution in [2.45, 2.75) is 37.2 Å². The maximum absolute atomic E-state index is 13.6. The van der Waals surface area contributed by atoms with Crippen molar-refractivity contribution in [2.75, 3.05) is 19.7 Å². The molecule has 0 heterocycles. The van der Waals surface area contributed by atoms with Gasteiger partial charge < -0.3 is 15.3 Å². The summed E-state index contributed by atoms with van der Waals surface area (Å²) >= 11 is 0. The fraction of sp³-hybridized carbons (Fsp3) is 0.286. The van der Waals surface area contributed by atoms with E-state index in [0.717, 1.165) is 5.56 Å². The van der Waals surface area contributed by atoms with E-state index in [1.165, 1.54) is 29.2 Å². The van der Waals surface area contributed by atoms with Crippen LogP contribution in [0, 0.1) is 5.82 Å². The van der Waals surface area contributed by atoms with Gasteiger partial charge in [0.15, 0.2) is 0 Å². The fourth-order valence-electron chi connectivity index (χ4n) is 4.00. The molecule has 3 aromatic carbocycles. The van der Waals surface area contributed by atoms with Gasteiger partial charge in [0, 0.05) is 26.1 Å². The molecule has 1 atom stereocenters. The Balaban J connectivity index is 1.87. The van der Waals surface area contributed by atoms with Gasteiger partial charge in [-0.3, -0.25) is 9.59 Å². The molecule has 0 unspecified atom stereocenters. The number of aliphatic hydroxyl groups excluding tert-OH is 1. The largest absolute Gasteiger partial charge is 0.395 e. The summed E-state index contributed by atoms with van der Waals surface area (Å²) in [4.78, 5) is 28.4. The van der Waals surface area contributed by atoms with Crippen molar-refractivity contribution in [1.82, 2.24) is 14.9 Å². The molecule has 3 N–H and O–H groups in total. The van der Waals surface area contributed by atoms with Crippen molar-refractivity contribution in [3.8, 4) is 0 Å². The van der Waals surface area contributed by atoms with Crippen molar-refractivity contribution < 1.29 is 27.5 Å². The minimum absolute atomic E-state index is 0.0306. The van der Waals surface area contributed by atoms with Gasteiger partial charge in [0.2, 0.25) is 21.8 Å². The minimum atomic E-state index is -3.58. The third-order valence-corrected chi connectivity index (χ3v) is 7.43. The minimum Gasteiger partial charge on any atom is -0.395 e. The van der Waals surface area contributed by atoms with Gasteiger partial charge in [-0.2, -0.15) is 0 Å². The lowest BCUT2D eigenvalue weighted by Gasteiger charge is -2.31. The van der Waals surface area contributed by atoms with Crippen LogP contribution in [0.2, 0.25) is 0 Å². The molecule has 0 aliphatic carbocycles. The molecule has 0 saturated carbocycles. The van der Waals surface area contributed by atoms with Gasteiger partial charge in [-0.1, -0.05) is 61.5 Å². The van der Waals surface area contributed by atoms with Crippen molar-refractivity contribution in [3.63, 3.8) is 0 Å². The second-order valence-corrected chi connectivity index (χ2v) is 10.4. The van der Waals surface area contributed by atoms with E-state index < -0.39 is 27.8 Å². The van der Waals surface area contributed by atoms with Crippen molar-refractivity contribution >= 4 is 21.8 Å². The maximum Gasteiger partial charge on any atom is 0.247 e. The Hall–Kier alpha value is -3.60. The van der Waals surface area contributed by atoms with Crippen LogP contribution in [0.4, 0.5) is 4.39 Å². The van der Waals surface area contributed by atoms with Crippen LogP contribution in [0.15, 0.2) is 83.8 Å². The van der Waals surface area contributed by atoms with Gasteiger partial charge in [-0.15, -0.1) is 0 Å². The number of halogens is 1. The Morgan fingerprint density at radius 1 is 0.947 bits per heavy atom. The zero-order valence-corrected chi connectivity index (χ0v) is 22.0. The molecule has 0 radical (unpaired) electrons. The Labute approximate surface area is 222 Å². The van der Waals surface area contributed by atoms with Crippen LogP contribution in [0.25, 0.3) is 0 Å². The molecule has 0 aliphatic rings. The Bertz CT molecular complexity index is 1300. The van der Waals surface area contributed by atoms with Gasteiger partial charge in [0.25, 0.3) is 0 Å². The molecule has 3 aromatic rings. The SMILES string of the molecule is CCNS(=O)(=O)c1ccc(CCC(=O)N(Cc2ccc(F)cc2)[C@H](C(=O)NCCO)c2ccccc2)cc1. The molecule has 0 fully saturated rings. The summed E-state index contributed by atoms with van der Waals surface area (Å²) in [6.07, 6.45) is 0.372. The molecule has 0 aromatic heterocycles. The van der Waals surface area contributed by atoms with Crippen molar-refractivity contribution in [1.29, 1.82) is 0 Å². The van der Waals surface area contributed by atoms with E-state index in [0.29, 0.717) is 17.5 Å². The van der Waals surface area contributed by atoms with Crippen LogP contribution in [0.5, 0.6) is 0 Å². The molecule has 0 spiro atoms. The first-order chi connectivity index (χ1) is 18.2. The van der Waals surface area contributed by atoms with Gasteiger partial charge >= 0.3 is 0 Å². The average Bonchev–Trinajstić information content (AvgIpc) is 2.92. The number of carbonyl (C=O) groups is 2. The van der Waals surface area contributed by atoms with E-state index in [2.05, 4.69) is 10.0 Å². The summed E-state index contributed by atoms with van der Waals surface area (Å²) in [6.45, 7) is 1.81. The third-order valence-electron chi connectivity index (χ3n) is 5.87. The lowest BCUT2D eigenvalue weighted by Crippen LogP contribution is -2.44. The van der Waals surface area contributed by atoms with Gasteiger partial charge in [-0.05, 0) is 47.4 Å². The number of amides is 2. The number of aryl methyl sites for hydroxylation is 1. The summed E-state index contributed by atoms with van der Waals surface area (Å²) in [7, 11) is -3.58. The third kappa shape index (κ3) is 7.95. The number of sulfonamides is 1. The van der Waals surface area contributed by atoms with E-state index in [9.17, 15) is 27.5 Å². The summed E-state index contributed by atoms with van der Waals surface area (Å²) in [5, 5.41) is 11.9. The highest BCUT2D eigenvalue weighted by molar-refractivity contribution is 7.89. The molecule has 0 bridgehead atoms. The van der Waals surface area contributed by atoms with E-state index in [4.69, 9.17) is 0 Å². The molecule has 10 heteroatoms. The monoisotopic (exact) mass is 541 g/mol. The molecule has 202 valence electrons. The van der Waals surface area contributed by atoms with Crippen LogP contribution in [0.1, 0.15) is 36.1 Å². The van der Waals surface area contributed by atoms with Crippen molar-refractivity contribution in [3.05, 3.63) is 101 Å². The smallest absolute Gasteiger partial charge is 0.247 e. The highest BCUT2D eigenvalue weighted by Gasteiger charge is 2.31. The zero-order chi connectivity index (χ0) is 27.5. The zero-order valence-electron chi connectivity index (χ0n) is 21.1. The van der Waals surface area contributed by atoms with E-state index in [-0.39, 0.29) is 43.5 Å². The number of benzene rings is 3. The molecular formula is C28H32FN3O5S. The Morgan fingerprint density at radius 2 is 1.58 bits per heavy atom.